The Bertz CT molecular complexity index is 669. The zero-order valence-electron chi connectivity index (χ0n) is 10.2. The Balaban J connectivity index is 1.98. The van der Waals surface area contributed by atoms with Crippen LogP contribution < -0.4 is 4.72 Å². The van der Waals surface area contributed by atoms with Crippen LogP contribution in [0.4, 0.5) is 0 Å². The number of pyridine rings is 1. The van der Waals surface area contributed by atoms with Crippen LogP contribution in [0, 0.1) is 6.92 Å². The van der Waals surface area contributed by atoms with Crippen molar-refractivity contribution in [1.82, 2.24) is 19.5 Å². The van der Waals surface area contributed by atoms with Crippen molar-refractivity contribution in [2.24, 2.45) is 0 Å². The van der Waals surface area contributed by atoms with Crippen LogP contribution in [0.2, 0.25) is 0 Å². The topological polar surface area (TPSA) is 76.9 Å². The summed E-state index contributed by atoms with van der Waals surface area (Å²) in [5.74, 6) is 0. The highest BCUT2D eigenvalue weighted by Gasteiger charge is 2.14. The summed E-state index contributed by atoms with van der Waals surface area (Å²) in [7, 11) is -3.53. The molecule has 2 aromatic rings. The molecule has 0 aliphatic carbocycles. The molecule has 0 saturated carbocycles. The molecule has 0 radical (unpaired) electrons. The number of aryl methyl sites for hydroxylation is 1. The number of rotatable bonds is 5. The van der Waals surface area contributed by atoms with Crippen LogP contribution in [0.25, 0.3) is 0 Å². The van der Waals surface area contributed by atoms with E-state index in [1.54, 1.807) is 10.9 Å². The molecule has 2 rings (SSSR count). The van der Waals surface area contributed by atoms with E-state index in [1.807, 2.05) is 13.1 Å². The van der Waals surface area contributed by atoms with Crippen molar-refractivity contribution >= 4 is 26.0 Å². The highest BCUT2D eigenvalue weighted by atomic mass is 79.9. The molecule has 0 unspecified atom stereocenters. The van der Waals surface area contributed by atoms with Gasteiger partial charge < -0.3 is 0 Å². The van der Waals surface area contributed by atoms with E-state index in [9.17, 15) is 8.42 Å². The molecule has 0 aromatic carbocycles. The van der Waals surface area contributed by atoms with Crippen molar-refractivity contribution in [1.29, 1.82) is 0 Å². The highest BCUT2D eigenvalue weighted by molar-refractivity contribution is 9.10. The standard InChI is InChI=1S/C11H13BrN4O2S/c1-9-5-14-16(8-9)3-2-15-19(17,18)11-4-10(12)6-13-7-11/h4-8,15H,2-3H2,1H3. The van der Waals surface area contributed by atoms with Crippen LogP contribution in [-0.2, 0) is 16.6 Å². The number of aromatic nitrogens is 3. The molecule has 0 amide bonds. The summed E-state index contributed by atoms with van der Waals surface area (Å²) >= 11 is 3.19. The number of sulfonamides is 1. The van der Waals surface area contributed by atoms with Gasteiger partial charge in [0.25, 0.3) is 0 Å². The van der Waals surface area contributed by atoms with Crippen LogP contribution in [0.3, 0.4) is 0 Å². The average molecular weight is 345 g/mol. The number of halogens is 1. The Hall–Kier alpha value is -1.25. The lowest BCUT2D eigenvalue weighted by Crippen LogP contribution is -2.27. The van der Waals surface area contributed by atoms with Gasteiger partial charge in [-0.25, -0.2) is 13.1 Å². The molecule has 0 atom stereocenters. The van der Waals surface area contributed by atoms with Gasteiger partial charge in [-0.15, -0.1) is 0 Å². The molecule has 0 aliphatic rings. The van der Waals surface area contributed by atoms with Gasteiger partial charge in [0.05, 0.1) is 12.7 Å². The predicted octanol–water partition coefficient (Wildman–Crippen LogP) is 1.33. The smallest absolute Gasteiger partial charge is 0.242 e. The summed E-state index contributed by atoms with van der Waals surface area (Å²) < 4.78 is 28.8. The minimum atomic E-state index is -3.53. The molecule has 8 heteroatoms. The van der Waals surface area contributed by atoms with Gasteiger partial charge in [0.1, 0.15) is 4.90 Å². The third-order valence-electron chi connectivity index (χ3n) is 2.39. The van der Waals surface area contributed by atoms with Gasteiger partial charge in [-0.3, -0.25) is 9.67 Å². The zero-order valence-corrected chi connectivity index (χ0v) is 12.6. The number of hydrogen-bond acceptors (Lipinski definition) is 4. The van der Waals surface area contributed by atoms with Crippen LogP contribution in [0.15, 0.2) is 40.2 Å². The first-order valence-corrected chi connectivity index (χ1v) is 7.84. The predicted molar refractivity (Wildman–Crippen MR) is 74.1 cm³/mol. The molecule has 102 valence electrons. The quantitative estimate of drug-likeness (QED) is 0.887. The van der Waals surface area contributed by atoms with E-state index >= 15 is 0 Å². The van der Waals surface area contributed by atoms with E-state index in [1.165, 1.54) is 18.5 Å². The SMILES string of the molecule is Cc1cnn(CCNS(=O)(=O)c2cncc(Br)c2)c1. The molecule has 0 saturated heterocycles. The number of nitrogens with zero attached hydrogens (tertiary/aromatic N) is 3. The summed E-state index contributed by atoms with van der Waals surface area (Å²) in [5, 5.41) is 4.08. The van der Waals surface area contributed by atoms with Crippen molar-refractivity contribution in [3.8, 4) is 0 Å². The summed E-state index contributed by atoms with van der Waals surface area (Å²) in [6, 6.07) is 1.51. The molecule has 1 N–H and O–H groups in total. The molecule has 2 aromatic heterocycles. The van der Waals surface area contributed by atoms with Crippen molar-refractivity contribution < 1.29 is 8.42 Å². The van der Waals surface area contributed by atoms with Crippen LogP contribution in [-0.4, -0.2) is 29.7 Å². The second-order valence-electron chi connectivity index (χ2n) is 4.02. The highest BCUT2D eigenvalue weighted by Crippen LogP contribution is 2.13. The molecule has 0 aliphatic heterocycles. The lowest BCUT2D eigenvalue weighted by Gasteiger charge is -2.06. The monoisotopic (exact) mass is 344 g/mol. The Morgan fingerprint density at radius 1 is 1.37 bits per heavy atom. The third kappa shape index (κ3) is 3.85. The summed E-state index contributed by atoms with van der Waals surface area (Å²) in [4.78, 5) is 3.97. The fraction of sp³-hybridized carbons (Fsp3) is 0.273. The first-order valence-electron chi connectivity index (χ1n) is 5.57. The van der Waals surface area contributed by atoms with E-state index in [2.05, 4.69) is 30.7 Å². The minimum Gasteiger partial charge on any atom is -0.271 e. The molecule has 19 heavy (non-hydrogen) atoms. The van der Waals surface area contributed by atoms with Crippen molar-refractivity contribution in [3.05, 3.63) is 40.9 Å². The fourth-order valence-electron chi connectivity index (χ4n) is 1.51. The third-order valence-corrected chi connectivity index (χ3v) is 4.25. The lowest BCUT2D eigenvalue weighted by molar-refractivity contribution is 0.560. The summed E-state index contributed by atoms with van der Waals surface area (Å²) in [6.07, 6.45) is 6.43. The molecular weight excluding hydrogens is 332 g/mol. The van der Waals surface area contributed by atoms with E-state index < -0.39 is 10.0 Å². The summed E-state index contributed by atoms with van der Waals surface area (Å²) in [5.41, 5.74) is 1.04. The zero-order chi connectivity index (χ0) is 13.9. The van der Waals surface area contributed by atoms with Gasteiger partial charge in [0.2, 0.25) is 10.0 Å². The maximum absolute atomic E-state index is 12.0. The van der Waals surface area contributed by atoms with Gasteiger partial charge >= 0.3 is 0 Å². The average Bonchev–Trinajstić information content (AvgIpc) is 2.75. The number of nitrogens with one attached hydrogen (secondary N) is 1. The Labute approximate surface area is 120 Å². The lowest BCUT2D eigenvalue weighted by atomic mass is 10.4. The van der Waals surface area contributed by atoms with Crippen molar-refractivity contribution in [3.63, 3.8) is 0 Å². The molecule has 6 nitrogen and oxygen atoms in total. The summed E-state index contributed by atoms with van der Waals surface area (Å²) in [6.45, 7) is 2.69. The van der Waals surface area contributed by atoms with Crippen molar-refractivity contribution in [2.45, 2.75) is 18.4 Å². The van der Waals surface area contributed by atoms with Crippen LogP contribution in [0.5, 0.6) is 0 Å². The molecule has 0 bridgehead atoms. The van der Waals surface area contributed by atoms with E-state index in [0.717, 1.165) is 5.56 Å². The Kier molecular flexibility index (Phi) is 4.33. The van der Waals surface area contributed by atoms with Gasteiger partial charge in [0.15, 0.2) is 0 Å². The van der Waals surface area contributed by atoms with E-state index in [4.69, 9.17) is 0 Å². The van der Waals surface area contributed by atoms with Crippen LogP contribution >= 0.6 is 15.9 Å². The van der Waals surface area contributed by atoms with Gasteiger partial charge in [-0.1, -0.05) is 0 Å². The second-order valence-corrected chi connectivity index (χ2v) is 6.70. The molecule has 2 heterocycles. The van der Waals surface area contributed by atoms with Crippen molar-refractivity contribution in [2.75, 3.05) is 6.54 Å². The van der Waals surface area contributed by atoms with E-state index in [0.29, 0.717) is 11.0 Å². The molecule has 0 spiro atoms. The van der Waals surface area contributed by atoms with Gasteiger partial charge in [-0.05, 0) is 34.5 Å². The molecule has 0 fully saturated rings. The maximum Gasteiger partial charge on any atom is 0.242 e. The first kappa shape index (κ1) is 14.2. The maximum atomic E-state index is 12.0. The van der Waals surface area contributed by atoms with Gasteiger partial charge in [0, 0.05) is 29.6 Å². The van der Waals surface area contributed by atoms with E-state index in [-0.39, 0.29) is 11.4 Å². The number of hydrogen-bond donors (Lipinski definition) is 1. The Morgan fingerprint density at radius 2 is 2.16 bits per heavy atom. The fourth-order valence-corrected chi connectivity index (χ4v) is 3.03. The first-order chi connectivity index (χ1) is 8.97. The second kappa shape index (κ2) is 5.81. The largest absolute Gasteiger partial charge is 0.271 e. The minimum absolute atomic E-state index is 0.138. The Morgan fingerprint density at radius 3 is 2.79 bits per heavy atom. The molecular formula is C11H13BrN4O2S. The normalized spacial score (nSPS) is 11.7. The van der Waals surface area contributed by atoms with Crippen LogP contribution in [0.1, 0.15) is 5.56 Å². The van der Waals surface area contributed by atoms with Gasteiger partial charge in [-0.2, -0.15) is 5.10 Å².